The van der Waals surface area contributed by atoms with Crippen molar-refractivity contribution < 1.29 is 23.1 Å². The van der Waals surface area contributed by atoms with E-state index in [1.165, 1.54) is 12.1 Å². The van der Waals surface area contributed by atoms with Gasteiger partial charge in [-0.15, -0.1) is 0 Å². The molecule has 1 aromatic rings. The van der Waals surface area contributed by atoms with E-state index >= 15 is 0 Å². The second-order valence-electron chi connectivity index (χ2n) is 5.34. The summed E-state index contributed by atoms with van der Waals surface area (Å²) in [6.07, 6.45) is 2.58. The van der Waals surface area contributed by atoms with E-state index in [2.05, 4.69) is 15.4 Å². The molecule has 0 heterocycles. The number of benzene rings is 1. The molecule has 0 saturated carbocycles. The van der Waals surface area contributed by atoms with Crippen LogP contribution < -0.4 is 21.1 Å². The fraction of sp³-hybridized carbons (Fsp3) is 0.500. The molecule has 1 atom stereocenters. The van der Waals surface area contributed by atoms with E-state index in [1.54, 1.807) is 19.1 Å². The van der Waals surface area contributed by atoms with Crippen LogP contribution in [0.15, 0.2) is 24.3 Å². The molecule has 0 saturated heterocycles. The third-order valence-corrected chi connectivity index (χ3v) is 3.34. The number of ether oxygens (including phenoxy) is 1. The van der Waals surface area contributed by atoms with Crippen LogP contribution in [0, 0.1) is 0 Å². The van der Waals surface area contributed by atoms with Crippen LogP contribution >= 0.6 is 0 Å². The van der Waals surface area contributed by atoms with E-state index in [4.69, 9.17) is 5.73 Å². The van der Waals surface area contributed by atoms with Crippen LogP contribution in [0.3, 0.4) is 0 Å². The SMILES string of the molecule is CC(NC(=O)CCCCCNC(N)=O)c1cccc(OC(F)F)c1. The molecule has 24 heavy (non-hydrogen) atoms. The molecule has 0 radical (unpaired) electrons. The molecule has 4 N–H and O–H groups in total. The van der Waals surface area contributed by atoms with Gasteiger partial charge in [-0.25, -0.2) is 4.79 Å². The van der Waals surface area contributed by atoms with Crippen molar-refractivity contribution in [2.45, 2.75) is 45.3 Å². The Kier molecular flexibility index (Phi) is 8.53. The zero-order valence-electron chi connectivity index (χ0n) is 13.6. The lowest BCUT2D eigenvalue weighted by Crippen LogP contribution is -2.30. The molecule has 0 aromatic heterocycles. The first-order valence-corrected chi connectivity index (χ1v) is 7.76. The number of hydrogen-bond donors (Lipinski definition) is 3. The van der Waals surface area contributed by atoms with Crippen molar-refractivity contribution in [3.63, 3.8) is 0 Å². The molecule has 0 bridgehead atoms. The highest BCUT2D eigenvalue weighted by atomic mass is 19.3. The van der Waals surface area contributed by atoms with Crippen LogP contribution in [0.2, 0.25) is 0 Å². The minimum absolute atomic E-state index is 0.0607. The predicted molar refractivity (Wildman–Crippen MR) is 85.7 cm³/mol. The van der Waals surface area contributed by atoms with Gasteiger partial charge >= 0.3 is 12.6 Å². The third kappa shape index (κ3) is 8.30. The number of nitrogens with one attached hydrogen (secondary N) is 2. The Balaban J connectivity index is 2.32. The Bertz CT molecular complexity index is 541. The van der Waals surface area contributed by atoms with Crippen LogP contribution in [-0.2, 0) is 4.79 Å². The lowest BCUT2D eigenvalue weighted by molar-refractivity contribution is -0.121. The number of rotatable bonds is 10. The van der Waals surface area contributed by atoms with E-state index in [1.807, 2.05) is 0 Å². The molecule has 134 valence electrons. The van der Waals surface area contributed by atoms with Gasteiger partial charge in [0, 0.05) is 13.0 Å². The maximum absolute atomic E-state index is 12.2. The average molecular weight is 343 g/mol. The largest absolute Gasteiger partial charge is 0.435 e. The van der Waals surface area contributed by atoms with Crippen molar-refractivity contribution >= 4 is 11.9 Å². The summed E-state index contributed by atoms with van der Waals surface area (Å²) >= 11 is 0. The average Bonchev–Trinajstić information content (AvgIpc) is 2.50. The van der Waals surface area contributed by atoms with Crippen molar-refractivity contribution in [3.05, 3.63) is 29.8 Å². The number of carbonyl (C=O) groups is 2. The summed E-state index contributed by atoms with van der Waals surface area (Å²) in [6.45, 7) is -0.616. The second-order valence-corrected chi connectivity index (χ2v) is 5.34. The van der Waals surface area contributed by atoms with Crippen LogP contribution in [0.1, 0.15) is 44.2 Å². The van der Waals surface area contributed by atoms with Crippen LogP contribution in [0.4, 0.5) is 13.6 Å². The van der Waals surface area contributed by atoms with Crippen molar-refractivity contribution in [3.8, 4) is 5.75 Å². The second kappa shape index (κ2) is 10.4. The lowest BCUT2D eigenvalue weighted by atomic mass is 10.1. The van der Waals surface area contributed by atoms with Crippen LogP contribution in [0.5, 0.6) is 5.75 Å². The maximum atomic E-state index is 12.2. The normalized spacial score (nSPS) is 11.8. The van der Waals surface area contributed by atoms with Gasteiger partial charge in [0.15, 0.2) is 0 Å². The summed E-state index contributed by atoms with van der Waals surface area (Å²) in [6, 6.07) is 5.38. The summed E-state index contributed by atoms with van der Waals surface area (Å²) in [5.74, 6) is -0.0592. The number of unbranched alkanes of at least 4 members (excludes halogenated alkanes) is 2. The summed E-state index contributed by atoms with van der Waals surface area (Å²) in [7, 11) is 0. The molecule has 0 aliphatic carbocycles. The Morgan fingerprint density at radius 1 is 1.25 bits per heavy atom. The Hall–Kier alpha value is -2.38. The first-order chi connectivity index (χ1) is 11.4. The molecule has 1 aromatic carbocycles. The van der Waals surface area contributed by atoms with Gasteiger partial charge in [0.05, 0.1) is 6.04 Å². The smallest absolute Gasteiger partial charge is 0.387 e. The molecule has 1 rings (SSSR count). The first-order valence-electron chi connectivity index (χ1n) is 7.76. The van der Waals surface area contributed by atoms with Gasteiger partial charge in [-0.05, 0) is 37.5 Å². The van der Waals surface area contributed by atoms with E-state index in [0.717, 1.165) is 12.8 Å². The minimum Gasteiger partial charge on any atom is -0.435 e. The fourth-order valence-corrected chi connectivity index (χ4v) is 2.16. The highest BCUT2D eigenvalue weighted by Crippen LogP contribution is 2.20. The molecular formula is C16H23F2N3O3. The zero-order valence-corrected chi connectivity index (χ0v) is 13.6. The van der Waals surface area contributed by atoms with Gasteiger partial charge in [0.25, 0.3) is 0 Å². The Labute approximate surface area is 139 Å². The zero-order chi connectivity index (χ0) is 17.9. The highest BCUT2D eigenvalue weighted by molar-refractivity contribution is 5.76. The molecule has 3 amide bonds. The Morgan fingerprint density at radius 3 is 2.67 bits per heavy atom. The van der Waals surface area contributed by atoms with Gasteiger partial charge in [0.2, 0.25) is 5.91 Å². The summed E-state index contributed by atoms with van der Waals surface area (Å²) < 4.78 is 28.8. The number of alkyl halides is 2. The summed E-state index contributed by atoms with van der Waals surface area (Å²) in [5.41, 5.74) is 5.63. The number of amides is 3. The third-order valence-electron chi connectivity index (χ3n) is 3.34. The van der Waals surface area contributed by atoms with Gasteiger partial charge < -0.3 is 21.1 Å². The number of carbonyl (C=O) groups excluding carboxylic acids is 2. The van der Waals surface area contributed by atoms with Crippen LogP contribution in [-0.4, -0.2) is 25.1 Å². The number of primary amides is 1. The Morgan fingerprint density at radius 2 is 2.00 bits per heavy atom. The summed E-state index contributed by atoms with van der Waals surface area (Å²) in [5, 5.41) is 5.29. The number of hydrogen-bond acceptors (Lipinski definition) is 3. The van der Waals surface area contributed by atoms with Crippen molar-refractivity contribution in [1.82, 2.24) is 10.6 Å². The number of urea groups is 1. The van der Waals surface area contributed by atoms with E-state index < -0.39 is 12.6 Å². The standard InChI is InChI=1S/C16H23F2N3O3/c1-11(12-6-5-7-13(10-12)24-15(17)18)21-14(22)8-3-2-4-9-20-16(19)23/h5-7,10-11,15H,2-4,8-9H2,1H3,(H,21,22)(H3,19,20,23). The first kappa shape index (κ1) is 19.7. The topological polar surface area (TPSA) is 93.5 Å². The molecule has 0 aliphatic rings. The molecule has 0 spiro atoms. The molecule has 0 fully saturated rings. The summed E-state index contributed by atoms with van der Waals surface area (Å²) in [4.78, 5) is 22.4. The van der Waals surface area contributed by atoms with Crippen molar-refractivity contribution in [2.75, 3.05) is 6.54 Å². The lowest BCUT2D eigenvalue weighted by Gasteiger charge is -2.15. The van der Waals surface area contributed by atoms with Crippen molar-refractivity contribution in [2.24, 2.45) is 5.73 Å². The van der Waals surface area contributed by atoms with E-state index in [-0.39, 0.29) is 17.7 Å². The molecular weight excluding hydrogens is 320 g/mol. The van der Waals surface area contributed by atoms with Gasteiger partial charge in [-0.3, -0.25) is 4.79 Å². The van der Waals surface area contributed by atoms with Crippen molar-refractivity contribution in [1.29, 1.82) is 0 Å². The van der Waals surface area contributed by atoms with Crippen LogP contribution in [0.25, 0.3) is 0 Å². The molecule has 6 nitrogen and oxygen atoms in total. The predicted octanol–water partition coefficient (Wildman–Crippen LogP) is 2.69. The molecule has 1 unspecified atom stereocenters. The minimum atomic E-state index is -2.88. The molecule has 8 heteroatoms. The van der Waals surface area contributed by atoms with Gasteiger partial charge in [0.1, 0.15) is 5.75 Å². The fourth-order valence-electron chi connectivity index (χ4n) is 2.16. The van der Waals surface area contributed by atoms with E-state index in [9.17, 15) is 18.4 Å². The quantitative estimate of drug-likeness (QED) is 0.570. The number of nitrogens with two attached hydrogens (primary N) is 1. The van der Waals surface area contributed by atoms with E-state index in [0.29, 0.717) is 24.9 Å². The van der Waals surface area contributed by atoms with Gasteiger partial charge in [-0.1, -0.05) is 18.6 Å². The van der Waals surface area contributed by atoms with Gasteiger partial charge in [-0.2, -0.15) is 8.78 Å². The maximum Gasteiger partial charge on any atom is 0.387 e. The number of halogens is 2. The highest BCUT2D eigenvalue weighted by Gasteiger charge is 2.11. The monoisotopic (exact) mass is 343 g/mol. The molecule has 0 aliphatic heterocycles.